The molecular weight excluding hydrogens is 1030 g/mol. The molecule has 2 unspecified atom stereocenters. The van der Waals surface area contributed by atoms with Gasteiger partial charge in [-0.2, -0.15) is 0 Å². The number of cyclic esters (lactones) is 1. The van der Waals surface area contributed by atoms with Gasteiger partial charge in [-0.1, -0.05) is 217 Å². The minimum absolute atomic E-state index is 0.0699. The first-order chi connectivity index (χ1) is 39.7. The van der Waals surface area contributed by atoms with Crippen molar-refractivity contribution in [3.05, 3.63) is 141 Å². The number of rotatable bonds is 37. The summed E-state index contributed by atoms with van der Waals surface area (Å²) in [7, 11) is 0. The second kappa shape index (κ2) is 35.3. The molecule has 9 heteroatoms. The van der Waals surface area contributed by atoms with Crippen molar-refractivity contribution in [3.63, 3.8) is 0 Å². The van der Waals surface area contributed by atoms with Gasteiger partial charge in [0.1, 0.15) is 30.8 Å². The Kier molecular flexibility index (Phi) is 29.9. The number of hydrogen-bond acceptors (Lipinski definition) is 8. The molecule has 5 rings (SSSR count). The molecule has 0 bridgehead atoms. The summed E-state index contributed by atoms with van der Waals surface area (Å²) in [5, 5.41) is 41.3. The number of carbonyl (C=O) groups is 2. The van der Waals surface area contributed by atoms with Crippen LogP contribution in [0, 0.1) is 27.7 Å². The zero-order chi connectivity index (χ0) is 61.1. The monoisotopic (exact) mass is 1140 g/mol. The van der Waals surface area contributed by atoms with Gasteiger partial charge in [0, 0.05) is 23.7 Å². The molecule has 1 aliphatic heterocycles. The van der Waals surface area contributed by atoms with Gasteiger partial charge in [0.25, 0.3) is 0 Å². The van der Waals surface area contributed by atoms with Crippen LogP contribution in [-0.2, 0) is 25.2 Å². The summed E-state index contributed by atoms with van der Waals surface area (Å²) in [5.74, 6) is 0.497. The maximum absolute atomic E-state index is 11.4. The number of carboxylic acid groups (broad SMARTS) is 1. The Balaban J connectivity index is 0.000000356. The van der Waals surface area contributed by atoms with Crippen molar-refractivity contribution in [3.8, 4) is 11.5 Å². The lowest BCUT2D eigenvalue weighted by atomic mass is 9.70. The minimum Gasteiger partial charge on any atom is -0.491 e. The predicted octanol–water partition coefficient (Wildman–Crippen LogP) is 18.3. The standard InChI is InChI=1S/C37H56O5.C37H54O4/c1-7-11-12-13-14-15-23-36(41,8-2)24-22-30-16-17-31(25-28(30)5)37(9-3,10-4)32-18-20-34(29(6)26-32)42-27-33(38)19-21-35(39)40;1-7-11-12-13-14-15-23-36(39,8-2)24-22-30-16-17-31(25-28(30)5)37(9-3,10-4)32-18-20-34(29(6)26-32)40-27-33-19-21-35(38)41-33/h16-18,20,22,24-26,33,38,41H,7-15,19,21,23,27H2,1-6H3,(H,39,40);16-18,20,22,24-26,33,39H,7-15,19,21,23,27H2,1-6H3/b2*24-22+/t2*33-,36?/m00/s1. The van der Waals surface area contributed by atoms with Gasteiger partial charge >= 0.3 is 11.9 Å². The molecule has 0 aromatic heterocycles. The van der Waals surface area contributed by atoms with Gasteiger partial charge in [-0.05, 0) is 160 Å². The molecule has 1 heterocycles. The quantitative estimate of drug-likeness (QED) is 0.0256. The molecule has 460 valence electrons. The number of aliphatic hydroxyl groups is 3. The summed E-state index contributed by atoms with van der Waals surface area (Å²) in [6, 6.07) is 26.3. The van der Waals surface area contributed by atoms with E-state index >= 15 is 0 Å². The van der Waals surface area contributed by atoms with Gasteiger partial charge in [-0.15, -0.1) is 0 Å². The maximum atomic E-state index is 11.4. The fourth-order valence-electron chi connectivity index (χ4n) is 12.1. The lowest BCUT2D eigenvalue weighted by molar-refractivity contribution is -0.142. The van der Waals surface area contributed by atoms with Crippen LogP contribution in [0.5, 0.6) is 11.5 Å². The summed E-state index contributed by atoms with van der Waals surface area (Å²) >= 11 is 0. The molecule has 83 heavy (non-hydrogen) atoms. The third-order valence-electron chi connectivity index (χ3n) is 18.3. The predicted molar refractivity (Wildman–Crippen MR) is 345 cm³/mol. The molecular formula is C74H110O9. The smallest absolute Gasteiger partial charge is 0.306 e. The molecule has 0 radical (unpaired) electrons. The summed E-state index contributed by atoms with van der Waals surface area (Å²) < 4.78 is 17.2. The van der Waals surface area contributed by atoms with E-state index in [0.29, 0.717) is 25.2 Å². The Morgan fingerprint density at radius 1 is 0.566 bits per heavy atom. The van der Waals surface area contributed by atoms with Crippen LogP contribution in [0.2, 0.25) is 0 Å². The second-order valence-corrected chi connectivity index (χ2v) is 24.2. The molecule has 1 saturated heterocycles. The van der Waals surface area contributed by atoms with Gasteiger partial charge in [0.2, 0.25) is 0 Å². The number of hydrogen-bond donors (Lipinski definition) is 4. The molecule has 4 aromatic rings. The molecule has 0 aliphatic carbocycles. The van der Waals surface area contributed by atoms with Crippen molar-refractivity contribution in [2.75, 3.05) is 13.2 Å². The Labute approximate surface area is 502 Å². The van der Waals surface area contributed by atoms with Crippen LogP contribution in [0.1, 0.15) is 265 Å². The zero-order valence-electron chi connectivity index (χ0n) is 53.6. The summed E-state index contributed by atoms with van der Waals surface area (Å²) in [4.78, 5) is 22.2. The number of aliphatic carboxylic acids is 1. The van der Waals surface area contributed by atoms with E-state index in [1.807, 2.05) is 25.1 Å². The number of esters is 1. The van der Waals surface area contributed by atoms with Crippen LogP contribution < -0.4 is 9.47 Å². The van der Waals surface area contributed by atoms with Gasteiger partial charge in [-0.25, -0.2) is 0 Å². The van der Waals surface area contributed by atoms with Crippen LogP contribution >= 0.6 is 0 Å². The van der Waals surface area contributed by atoms with E-state index in [9.17, 15) is 24.9 Å². The maximum Gasteiger partial charge on any atom is 0.306 e. The van der Waals surface area contributed by atoms with Gasteiger partial charge in [0.05, 0.1) is 17.3 Å². The first-order valence-corrected chi connectivity index (χ1v) is 32.4. The Morgan fingerprint density at radius 2 is 0.964 bits per heavy atom. The molecule has 4 atom stereocenters. The van der Waals surface area contributed by atoms with E-state index in [2.05, 4.69) is 155 Å². The van der Waals surface area contributed by atoms with Crippen LogP contribution in [0.4, 0.5) is 0 Å². The number of carbonyl (C=O) groups excluding carboxylic acids is 1. The zero-order valence-corrected chi connectivity index (χ0v) is 53.6. The average molecular weight is 1140 g/mol. The first-order valence-electron chi connectivity index (χ1n) is 32.4. The number of unbranched alkanes of at least 4 members (excludes halogenated alkanes) is 10. The molecule has 4 aromatic carbocycles. The van der Waals surface area contributed by atoms with Crippen LogP contribution in [0.25, 0.3) is 12.2 Å². The van der Waals surface area contributed by atoms with Crippen molar-refractivity contribution >= 4 is 24.1 Å². The lowest BCUT2D eigenvalue weighted by Gasteiger charge is -2.34. The third kappa shape index (κ3) is 21.1. The van der Waals surface area contributed by atoms with E-state index in [0.717, 1.165) is 92.2 Å². The topological polar surface area (TPSA) is 143 Å². The van der Waals surface area contributed by atoms with Crippen molar-refractivity contribution in [2.24, 2.45) is 0 Å². The fraction of sp³-hybridized carbons (Fsp3) is 0.595. The SMILES string of the molecule is CCCCCCCCC(O)(/C=C/c1ccc(C(CC)(CC)c2ccc(OC[C@@H](O)CCC(=O)O)c(C)c2)cc1C)CC.CCCCCCCCC(O)(/C=C/c1ccc(C(CC)(CC)c2ccc(OC[C@@H]3CCC(=O)O3)c(C)c2)cc1C)CC. The lowest BCUT2D eigenvalue weighted by Crippen LogP contribution is -2.26. The molecule has 4 N–H and O–H groups in total. The largest absolute Gasteiger partial charge is 0.491 e. The fourth-order valence-corrected chi connectivity index (χ4v) is 12.1. The van der Waals surface area contributed by atoms with E-state index < -0.39 is 23.3 Å². The Bertz CT molecular complexity index is 2640. The summed E-state index contributed by atoms with van der Waals surface area (Å²) in [6.07, 6.45) is 30.3. The highest BCUT2D eigenvalue weighted by Crippen LogP contribution is 2.43. The normalized spacial score (nSPS) is 15.7. The van der Waals surface area contributed by atoms with Gasteiger partial charge in [0.15, 0.2) is 0 Å². The highest BCUT2D eigenvalue weighted by Gasteiger charge is 2.34. The molecule has 0 saturated carbocycles. The highest BCUT2D eigenvalue weighted by atomic mass is 16.6. The van der Waals surface area contributed by atoms with E-state index in [-0.39, 0.29) is 42.4 Å². The molecule has 9 nitrogen and oxygen atoms in total. The number of carboxylic acids is 1. The molecule has 1 fully saturated rings. The van der Waals surface area contributed by atoms with Crippen molar-refractivity contribution in [1.29, 1.82) is 0 Å². The molecule has 0 amide bonds. The summed E-state index contributed by atoms with van der Waals surface area (Å²) in [5.41, 5.74) is 10.2. The average Bonchev–Trinajstić information content (AvgIpc) is 3.91. The minimum atomic E-state index is -0.921. The van der Waals surface area contributed by atoms with Crippen LogP contribution in [0.15, 0.2) is 84.9 Å². The number of aryl methyl sites for hydroxylation is 4. The van der Waals surface area contributed by atoms with Crippen molar-refractivity contribution in [1.82, 2.24) is 0 Å². The van der Waals surface area contributed by atoms with E-state index in [4.69, 9.17) is 19.3 Å². The Hall–Kier alpha value is -5.22. The number of ether oxygens (including phenoxy) is 3. The van der Waals surface area contributed by atoms with Gasteiger partial charge < -0.3 is 34.6 Å². The summed E-state index contributed by atoms with van der Waals surface area (Å²) in [6.45, 7) is 26.5. The van der Waals surface area contributed by atoms with E-state index in [1.54, 1.807) is 0 Å². The third-order valence-corrected chi connectivity index (χ3v) is 18.3. The van der Waals surface area contributed by atoms with Crippen LogP contribution in [-0.4, -0.2) is 69.0 Å². The second-order valence-electron chi connectivity index (χ2n) is 24.2. The van der Waals surface area contributed by atoms with Gasteiger partial charge in [-0.3, -0.25) is 9.59 Å². The van der Waals surface area contributed by atoms with Crippen LogP contribution in [0.3, 0.4) is 0 Å². The van der Waals surface area contributed by atoms with Crippen molar-refractivity contribution < 1.29 is 44.2 Å². The van der Waals surface area contributed by atoms with E-state index in [1.165, 1.54) is 97.6 Å². The molecule has 0 spiro atoms. The highest BCUT2D eigenvalue weighted by molar-refractivity contribution is 5.71. The number of benzene rings is 4. The number of aliphatic hydroxyl groups excluding tert-OH is 1. The van der Waals surface area contributed by atoms with Crippen molar-refractivity contribution in [2.45, 2.75) is 271 Å². The first kappa shape index (κ1) is 70.3. The Morgan fingerprint density at radius 3 is 1.33 bits per heavy atom. The molecule has 1 aliphatic rings.